The Balaban J connectivity index is 2.09. The number of para-hydroxylation sites is 1. The first-order valence-corrected chi connectivity index (χ1v) is 8.12. The zero-order valence-electron chi connectivity index (χ0n) is 11.8. The molecule has 108 valence electrons. The second-order valence-corrected chi connectivity index (χ2v) is 6.73. The van der Waals surface area contributed by atoms with Crippen molar-refractivity contribution in [3.8, 4) is 10.4 Å². The van der Waals surface area contributed by atoms with E-state index < -0.39 is 0 Å². The lowest BCUT2D eigenvalue weighted by molar-refractivity contribution is 0.920. The van der Waals surface area contributed by atoms with Crippen LogP contribution in [0.5, 0.6) is 0 Å². The largest absolute Gasteiger partial charge is 0.310 e. The van der Waals surface area contributed by atoms with Crippen LogP contribution < -0.4 is 5.56 Å². The molecule has 0 amide bonds. The Morgan fingerprint density at radius 1 is 1.00 bits per heavy atom. The van der Waals surface area contributed by atoms with Crippen molar-refractivity contribution < 1.29 is 0 Å². The summed E-state index contributed by atoms with van der Waals surface area (Å²) in [4.78, 5) is 13.7. The van der Waals surface area contributed by atoms with Crippen LogP contribution in [0.3, 0.4) is 0 Å². The van der Waals surface area contributed by atoms with Crippen molar-refractivity contribution in [2.24, 2.45) is 7.05 Å². The highest BCUT2D eigenvalue weighted by Gasteiger charge is 2.12. The standard InChI is InChI=1S/C18H12ClNOS/c1-20-15-5-3-2-4-13(15)14-10-16(22-17(14)18(20)21)11-6-8-12(19)9-7-11/h2-10H,1H3. The van der Waals surface area contributed by atoms with Gasteiger partial charge in [0.1, 0.15) is 4.70 Å². The molecule has 0 radical (unpaired) electrons. The third-order valence-corrected chi connectivity index (χ3v) is 5.34. The Kier molecular flexibility index (Phi) is 3.06. The Morgan fingerprint density at radius 3 is 2.50 bits per heavy atom. The molecular formula is C18H12ClNOS. The number of pyridine rings is 1. The van der Waals surface area contributed by atoms with Gasteiger partial charge in [0, 0.05) is 27.7 Å². The van der Waals surface area contributed by atoms with Crippen molar-refractivity contribution in [3.63, 3.8) is 0 Å². The van der Waals surface area contributed by atoms with Crippen molar-refractivity contribution in [1.29, 1.82) is 0 Å². The van der Waals surface area contributed by atoms with Gasteiger partial charge in [-0.15, -0.1) is 11.3 Å². The molecule has 0 aliphatic heterocycles. The summed E-state index contributed by atoms with van der Waals surface area (Å²) in [5, 5.41) is 2.84. The summed E-state index contributed by atoms with van der Waals surface area (Å²) in [6.07, 6.45) is 0. The van der Waals surface area contributed by atoms with Gasteiger partial charge < -0.3 is 4.57 Å². The van der Waals surface area contributed by atoms with Gasteiger partial charge in [-0.1, -0.05) is 41.9 Å². The van der Waals surface area contributed by atoms with Crippen molar-refractivity contribution in [2.45, 2.75) is 0 Å². The first-order valence-electron chi connectivity index (χ1n) is 6.92. The molecule has 0 saturated carbocycles. The smallest absolute Gasteiger partial charge is 0.268 e. The number of fused-ring (bicyclic) bond motifs is 3. The summed E-state index contributed by atoms with van der Waals surface area (Å²) in [5.74, 6) is 0. The molecule has 0 bridgehead atoms. The number of nitrogens with zero attached hydrogens (tertiary/aromatic N) is 1. The molecule has 0 spiro atoms. The van der Waals surface area contributed by atoms with Crippen molar-refractivity contribution in [2.75, 3.05) is 0 Å². The number of benzene rings is 2. The molecule has 4 rings (SSSR count). The quantitative estimate of drug-likeness (QED) is 0.478. The van der Waals surface area contributed by atoms with Gasteiger partial charge in [-0.25, -0.2) is 0 Å². The monoisotopic (exact) mass is 325 g/mol. The average Bonchev–Trinajstić information content (AvgIpc) is 2.99. The van der Waals surface area contributed by atoms with E-state index in [0.717, 1.165) is 31.4 Å². The molecule has 0 atom stereocenters. The van der Waals surface area contributed by atoms with E-state index in [1.54, 1.807) is 4.57 Å². The van der Waals surface area contributed by atoms with Crippen LogP contribution in [-0.4, -0.2) is 4.57 Å². The van der Waals surface area contributed by atoms with Crippen molar-refractivity contribution in [1.82, 2.24) is 4.57 Å². The Bertz CT molecular complexity index is 1060. The Hall–Kier alpha value is -2.10. The number of hydrogen-bond donors (Lipinski definition) is 0. The molecule has 2 nitrogen and oxygen atoms in total. The van der Waals surface area contributed by atoms with Gasteiger partial charge in [0.15, 0.2) is 0 Å². The van der Waals surface area contributed by atoms with Crippen LogP contribution in [0.25, 0.3) is 31.4 Å². The lowest BCUT2D eigenvalue weighted by Gasteiger charge is -2.05. The van der Waals surface area contributed by atoms with E-state index in [4.69, 9.17) is 11.6 Å². The molecule has 0 N–H and O–H groups in total. The molecule has 2 aromatic carbocycles. The van der Waals surface area contributed by atoms with Crippen molar-refractivity contribution in [3.05, 3.63) is 70.0 Å². The van der Waals surface area contributed by atoms with Crippen LogP contribution >= 0.6 is 22.9 Å². The van der Waals surface area contributed by atoms with Crippen molar-refractivity contribution >= 4 is 43.9 Å². The molecule has 2 heterocycles. The molecule has 0 aliphatic rings. The van der Waals surface area contributed by atoms with Crippen LogP contribution in [0, 0.1) is 0 Å². The van der Waals surface area contributed by atoms with Crippen LogP contribution in [0.2, 0.25) is 5.02 Å². The zero-order valence-corrected chi connectivity index (χ0v) is 13.4. The highest BCUT2D eigenvalue weighted by Crippen LogP contribution is 2.35. The third kappa shape index (κ3) is 1.97. The van der Waals surface area contributed by atoms with E-state index in [9.17, 15) is 4.79 Å². The molecule has 4 heteroatoms. The maximum Gasteiger partial charge on any atom is 0.268 e. The van der Waals surface area contributed by atoms with Crippen LogP contribution in [0.1, 0.15) is 0 Å². The second-order valence-electron chi connectivity index (χ2n) is 5.24. The lowest BCUT2D eigenvalue weighted by atomic mass is 10.1. The van der Waals surface area contributed by atoms with Gasteiger partial charge >= 0.3 is 0 Å². The molecule has 4 aromatic rings. The first kappa shape index (κ1) is 13.6. The normalized spacial score (nSPS) is 11.4. The highest BCUT2D eigenvalue weighted by atomic mass is 35.5. The van der Waals surface area contributed by atoms with Gasteiger partial charge in [-0.3, -0.25) is 4.79 Å². The maximum atomic E-state index is 12.6. The first-order chi connectivity index (χ1) is 10.6. The molecule has 0 aliphatic carbocycles. The number of hydrogen-bond acceptors (Lipinski definition) is 2. The maximum absolute atomic E-state index is 12.6. The molecule has 0 unspecified atom stereocenters. The fraction of sp³-hybridized carbons (Fsp3) is 0.0556. The summed E-state index contributed by atoms with van der Waals surface area (Å²) in [5.41, 5.74) is 2.09. The molecule has 22 heavy (non-hydrogen) atoms. The summed E-state index contributed by atoms with van der Waals surface area (Å²) < 4.78 is 2.52. The molecule has 0 fully saturated rings. The number of aromatic nitrogens is 1. The van der Waals surface area contributed by atoms with Gasteiger partial charge in [0.2, 0.25) is 0 Å². The minimum Gasteiger partial charge on any atom is -0.310 e. The van der Waals surface area contributed by atoms with Gasteiger partial charge in [-0.05, 0) is 29.8 Å². The fourth-order valence-corrected chi connectivity index (χ4v) is 4.04. The summed E-state index contributed by atoms with van der Waals surface area (Å²) >= 11 is 7.49. The van der Waals surface area contributed by atoms with E-state index in [-0.39, 0.29) is 5.56 Å². The Morgan fingerprint density at radius 2 is 1.73 bits per heavy atom. The van der Waals surface area contributed by atoms with Gasteiger partial charge in [-0.2, -0.15) is 0 Å². The predicted octanol–water partition coefficient (Wildman–Crippen LogP) is 5.07. The fourth-order valence-electron chi connectivity index (χ4n) is 2.76. The minimum atomic E-state index is 0.0545. The van der Waals surface area contributed by atoms with Gasteiger partial charge in [0.25, 0.3) is 5.56 Å². The van der Waals surface area contributed by atoms with Crippen LogP contribution in [0.4, 0.5) is 0 Å². The Labute approximate surface area is 136 Å². The number of aryl methyl sites for hydroxylation is 1. The molecule has 2 aromatic heterocycles. The van der Waals surface area contributed by atoms with E-state index >= 15 is 0 Å². The topological polar surface area (TPSA) is 22.0 Å². The molecule has 0 saturated heterocycles. The SMILES string of the molecule is Cn1c(=O)c2sc(-c3ccc(Cl)cc3)cc2c2ccccc21. The van der Waals surface area contributed by atoms with E-state index in [0.29, 0.717) is 5.02 Å². The predicted molar refractivity (Wildman–Crippen MR) is 95.0 cm³/mol. The number of rotatable bonds is 1. The van der Waals surface area contributed by atoms with Crippen LogP contribution in [0.15, 0.2) is 59.4 Å². The van der Waals surface area contributed by atoms with E-state index in [1.165, 1.54) is 11.3 Å². The summed E-state index contributed by atoms with van der Waals surface area (Å²) in [6.45, 7) is 0. The van der Waals surface area contributed by atoms with Gasteiger partial charge in [0.05, 0.1) is 5.52 Å². The van der Waals surface area contributed by atoms with Crippen LogP contribution in [-0.2, 0) is 7.05 Å². The molecular weight excluding hydrogens is 314 g/mol. The van der Waals surface area contributed by atoms with E-state index in [2.05, 4.69) is 12.1 Å². The second kappa shape index (κ2) is 4.97. The third-order valence-electron chi connectivity index (χ3n) is 3.92. The minimum absolute atomic E-state index is 0.0545. The lowest BCUT2D eigenvalue weighted by Crippen LogP contribution is -2.15. The summed E-state index contributed by atoms with van der Waals surface area (Å²) in [7, 11) is 1.83. The summed E-state index contributed by atoms with van der Waals surface area (Å²) in [6, 6.07) is 17.8. The highest BCUT2D eigenvalue weighted by molar-refractivity contribution is 7.22. The average molecular weight is 326 g/mol. The zero-order chi connectivity index (χ0) is 15.3. The van der Waals surface area contributed by atoms with E-state index in [1.807, 2.05) is 49.5 Å². The number of thiophene rings is 1. The number of halogens is 1.